The van der Waals surface area contributed by atoms with Gasteiger partial charge in [0.1, 0.15) is 0 Å². The highest BCUT2D eigenvalue weighted by Crippen LogP contribution is 2.10. The van der Waals surface area contributed by atoms with E-state index in [0.29, 0.717) is 0 Å². The van der Waals surface area contributed by atoms with Crippen molar-refractivity contribution in [2.45, 2.75) is 19.3 Å². The fraction of sp³-hybridized carbons (Fsp3) is 0.500. The van der Waals surface area contributed by atoms with E-state index < -0.39 is 0 Å². The highest BCUT2D eigenvalue weighted by Gasteiger charge is 1.95. The largest absolute Gasteiger partial charge is 0.309 e. The van der Waals surface area contributed by atoms with Gasteiger partial charge in [-0.1, -0.05) is 30.4 Å². The molecule has 1 nitrogen and oxygen atoms in total. The molecule has 0 aliphatic rings. The third-order valence-corrected chi connectivity index (χ3v) is 1.86. The minimum atomic E-state index is 0.986. The summed E-state index contributed by atoms with van der Waals surface area (Å²) in [6.07, 6.45) is 9.24. The molecule has 0 aliphatic heterocycles. The third kappa shape index (κ3) is 7.54. The van der Waals surface area contributed by atoms with Crippen LogP contribution in [0.25, 0.3) is 0 Å². The predicted octanol–water partition coefficient (Wildman–Crippen LogP) is 3.02. The van der Waals surface area contributed by atoms with Crippen molar-refractivity contribution in [2.75, 3.05) is 20.6 Å². The first-order valence-corrected chi connectivity index (χ1v) is 4.76. The molecule has 13 heavy (non-hydrogen) atoms. The van der Waals surface area contributed by atoms with E-state index in [1.54, 1.807) is 0 Å². The van der Waals surface area contributed by atoms with E-state index in [1.165, 1.54) is 12.0 Å². The lowest BCUT2D eigenvalue weighted by atomic mass is 10.1. The number of nitrogens with zero attached hydrogens (tertiary/aromatic N) is 1. The first kappa shape index (κ1) is 12.2. The highest BCUT2D eigenvalue weighted by molar-refractivity contribution is 5.12. The fourth-order valence-electron chi connectivity index (χ4n) is 1.23. The molecule has 1 heteroatoms. The van der Waals surface area contributed by atoms with Crippen molar-refractivity contribution < 1.29 is 0 Å². The molecule has 0 bridgehead atoms. The smallest absolute Gasteiger partial charge is 0.00218 e. The van der Waals surface area contributed by atoms with Crippen molar-refractivity contribution >= 4 is 0 Å². The summed E-state index contributed by atoms with van der Waals surface area (Å²) >= 11 is 0. The Morgan fingerprint density at radius 3 is 2.46 bits per heavy atom. The fourth-order valence-corrected chi connectivity index (χ4v) is 1.23. The van der Waals surface area contributed by atoms with Crippen molar-refractivity contribution in [2.24, 2.45) is 0 Å². The molecule has 0 spiro atoms. The SMILES string of the molecule is C=C/C=C(\CC=C)CCCN(C)C. The standard InChI is InChI=1S/C12H21N/c1-5-8-12(9-6-2)10-7-11-13(3)4/h5-6,8H,1-2,7,9-11H2,3-4H3/b12-8+. The molecule has 0 saturated heterocycles. The zero-order valence-electron chi connectivity index (χ0n) is 8.92. The first-order chi connectivity index (χ1) is 6.20. The summed E-state index contributed by atoms with van der Waals surface area (Å²) in [6, 6.07) is 0. The van der Waals surface area contributed by atoms with Crippen LogP contribution in [0.3, 0.4) is 0 Å². The quantitative estimate of drug-likeness (QED) is 0.429. The number of hydrogen-bond acceptors (Lipinski definition) is 1. The maximum atomic E-state index is 3.74. The van der Waals surface area contributed by atoms with Crippen molar-refractivity contribution in [3.05, 3.63) is 37.0 Å². The summed E-state index contributed by atoms with van der Waals surface area (Å²) in [5.41, 5.74) is 1.42. The second-order valence-electron chi connectivity index (χ2n) is 3.46. The van der Waals surface area contributed by atoms with Gasteiger partial charge >= 0.3 is 0 Å². The molecule has 0 radical (unpaired) electrons. The molecule has 0 rings (SSSR count). The third-order valence-electron chi connectivity index (χ3n) is 1.86. The molecule has 0 atom stereocenters. The average molecular weight is 179 g/mol. The van der Waals surface area contributed by atoms with Gasteiger partial charge in [0.25, 0.3) is 0 Å². The Labute approximate surface area is 82.4 Å². The Bertz CT molecular complexity index is 178. The van der Waals surface area contributed by atoms with E-state index in [2.05, 4.69) is 38.2 Å². The van der Waals surface area contributed by atoms with Crippen LogP contribution in [0.5, 0.6) is 0 Å². The molecule has 0 aromatic carbocycles. The van der Waals surface area contributed by atoms with Crippen LogP contribution >= 0.6 is 0 Å². The van der Waals surface area contributed by atoms with Gasteiger partial charge in [-0.2, -0.15) is 0 Å². The normalized spacial score (nSPS) is 11.8. The molecular weight excluding hydrogens is 158 g/mol. The van der Waals surface area contributed by atoms with E-state index in [-0.39, 0.29) is 0 Å². The molecule has 0 amide bonds. The van der Waals surface area contributed by atoms with Gasteiger partial charge in [-0.25, -0.2) is 0 Å². The molecule has 0 unspecified atom stereocenters. The lowest BCUT2D eigenvalue weighted by Crippen LogP contribution is -2.12. The van der Waals surface area contributed by atoms with Gasteiger partial charge in [-0.15, -0.1) is 6.58 Å². The van der Waals surface area contributed by atoms with E-state index in [1.807, 2.05) is 12.2 Å². The molecule has 0 saturated carbocycles. The van der Waals surface area contributed by atoms with Crippen LogP contribution in [0.1, 0.15) is 19.3 Å². The molecule has 0 aromatic rings. The van der Waals surface area contributed by atoms with Gasteiger partial charge < -0.3 is 4.90 Å². The molecule has 0 aliphatic carbocycles. The molecule has 0 N–H and O–H groups in total. The summed E-state index contributed by atoms with van der Waals surface area (Å²) in [5.74, 6) is 0. The van der Waals surface area contributed by atoms with Crippen molar-refractivity contribution in [3.63, 3.8) is 0 Å². The Morgan fingerprint density at radius 1 is 1.31 bits per heavy atom. The number of allylic oxidation sites excluding steroid dienone is 4. The van der Waals surface area contributed by atoms with Gasteiger partial charge in [-0.3, -0.25) is 0 Å². The Morgan fingerprint density at radius 2 is 2.00 bits per heavy atom. The second kappa shape index (κ2) is 7.81. The van der Waals surface area contributed by atoms with E-state index in [0.717, 1.165) is 19.4 Å². The highest BCUT2D eigenvalue weighted by atomic mass is 15.0. The minimum absolute atomic E-state index is 0.986. The number of hydrogen-bond donors (Lipinski definition) is 0. The lowest BCUT2D eigenvalue weighted by molar-refractivity contribution is 0.399. The molecule has 0 aromatic heterocycles. The zero-order valence-corrected chi connectivity index (χ0v) is 8.92. The van der Waals surface area contributed by atoms with Crippen LogP contribution in [-0.2, 0) is 0 Å². The predicted molar refractivity (Wildman–Crippen MR) is 60.9 cm³/mol. The summed E-state index contributed by atoms with van der Waals surface area (Å²) < 4.78 is 0. The van der Waals surface area contributed by atoms with Gasteiger partial charge in [0, 0.05) is 0 Å². The maximum absolute atomic E-state index is 3.74. The minimum Gasteiger partial charge on any atom is -0.309 e. The van der Waals surface area contributed by atoms with Gasteiger partial charge in [0.2, 0.25) is 0 Å². The van der Waals surface area contributed by atoms with Gasteiger partial charge in [-0.05, 0) is 39.9 Å². The van der Waals surface area contributed by atoms with Crippen molar-refractivity contribution in [3.8, 4) is 0 Å². The molecule has 0 fully saturated rings. The van der Waals surface area contributed by atoms with Crippen LogP contribution in [-0.4, -0.2) is 25.5 Å². The Balaban J connectivity index is 3.75. The summed E-state index contributed by atoms with van der Waals surface area (Å²) in [7, 11) is 4.20. The van der Waals surface area contributed by atoms with Crippen molar-refractivity contribution in [1.82, 2.24) is 4.90 Å². The van der Waals surface area contributed by atoms with Crippen LogP contribution in [0, 0.1) is 0 Å². The van der Waals surface area contributed by atoms with Gasteiger partial charge in [0.15, 0.2) is 0 Å². The Hall–Kier alpha value is -0.820. The summed E-state index contributed by atoms with van der Waals surface area (Å²) in [5, 5.41) is 0. The summed E-state index contributed by atoms with van der Waals surface area (Å²) in [6.45, 7) is 8.59. The Kier molecular flexibility index (Phi) is 7.32. The summed E-state index contributed by atoms with van der Waals surface area (Å²) in [4.78, 5) is 2.21. The average Bonchev–Trinajstić information content (AvgIpc) is 2.04. The van der Waals surface area contributed by atoms with Crippen LogP contribution in [0.4, 0.5) is 0 Å². The van der Waals surface area contributed by atoms with Crippen LogP contribution < -0.4 is 0 Å². The van der Waals surface area contributed by atoms with E-state index in [4.69, 9.17) is 0 Å². The van der Waals surface area contributed by atoms with E-state index >= 15 is 0 Å². The van der Waals surface area contributed by atoms with Crippen LogP contribution in [0.15, 0.2) is 37.0 Å². The first-order valence-electron chi connectivity index (χ1n) is 4.76. The topological polar surface area (TPSA) is 3.24 Å². The van der Waals surface area contributed by atoms with Crippen molar-refractivity contribution in [1.29, 1.82) is 0 Å². The monoisotopic (exact) mass is 179 g/mol. The maximum Gasteiger partial charge on any atom is -0.00218 e. The number of rotatable bonds is 7. The molecule has 74 valence electrons. The second-order valence-corrected chi connectivity index (χ2v) is 3.46. The van der Waals surface area contributed by atoms with E-state index in [9.17, 15) is 0 Å². The molecular formula is C12H21N. The van der Waals surface area contributed by atoms with Crippen LogP contribution in [0.2, 0.25) is 0 Å². The lowest BCUT2D eigenvalue weighted by Gasteiger charge is -2.09. The van der Waals surface area contributed by atoms with Gasteiger partial charge in [0.05, 0.1) is 0 Å². The molecule has 0 heterocycles. The zero-order chi connectivity index (χ0) is 10.1.